The van der Waals surface area contributed by atoms with E-state index in [1.54, 1.807) is 0 Å². The molecule has 0 radical (unpaired) electrons. The maximum Gasteiger partial charge on any atom is 0.0660 e. The molecule has 1 nitrogen and oxygen atoms in total. The third-order valence-electron chi connectivity index (χ3n) is 3.39. The summed E-state index contributed by atoms with van der Waals surface area (Å²) in [7, 11) is 0. The first kappa shape index (κ1) is 11.2. The molecule has 0 amide bonds. The number of nitrogens with one attached hydrogen (secondary N) is 1. The molecule has 1 aromatic carbocycles. The molecular weight excluding hydrogens is 194 g/mol. The molecule has 0 heterocycles. The minimum Gasteiger partial charge on any atom is -0.301 e. The molecule has 0 bridgehead atoms. The second-order valence-electron chi connectivity index (χ2n) is 4.83. The second-order valence-corrected chi connectivity index (χ2v) is 4.83. The van der Waals surface area contributed by atoms with Crippen LogP contribution in [0.25, 0.3) is 0 Å². The van der Waals surface area contributed by atoms with Crippen LogP contribution >= 0.6 is 0 Å². The first-order valence-corrected chi connectivity index (χ1v) is 5.98. The molecule has 0 saturated heterocycles. The van der Waals surface area contributed by atoms with Gasteiger partial charge >= 0.3 is 0 Å². The van der Waals surface area contributed by atoms with Gasteiger partial charge in [0.15, 0.2) is 0 Å². The van der Waals surface area contributed by atoms with Crippen LogP contribution in [0.4, 0.5) is 0 Å². The Morgan fingerprint density at radius 3 is 2.81 bits per heavy atom. The van der Waals surface area contributed by atoms with Crippen molar-refractivity contribution in [3.8, 4) is 12.3 Å². The highest BCUT2D eigenvalue weighted by molar-refractivity contribution is 5.27. The Hall–Kier alpha value is -1.26. The van der Waals surface area contributed by atoms with Crippen LogP contribution in [0, 0.1) is 19.3 Å². The molecule has 16 heavy (non-hydrogen) atoms. The Morgan fingerprint density at radius 2 is 2.19 bits per heavy atom. The predicted molar refractivity (Wildman–Crippen MR) is 68.4 cm³/mol. The van der Waals surface area contributed by atoms with Gasteiger partial charge in [0.2, 0.25) is 0 Å². The normalized spacial score (nSPS) is 25.6. The van der Waals surface area contributed by atoms with Crippen molar-refractivity contribution in [3.05, 3.63) is 35.4 Å². The van der Waals surface area contributed by atoms with E-state index in [1.165, 1.54) is 24.0 Å². The Bertz CT molecular complexity index is 396. The third kappa shape index (κ3) is 2.46. The van der Waals surface area contributed by atoms with Crippen LogP contribution in [0.2, 0.25) is 0 Å². The van der Waals surface area contributed by atoms with Crippen LogP contribution in [0.5, 0.6) is 0 Å². The van der Waals surface area contributed by atoms with Crippen molar-refractivity contribution >= 4 is 0 Å². The van der Waals surface area contributed by atoms with Gasteiger partial charge in [-0.25, -0.2) is 0 Å². The van der Waals surface area contributed by atoms with Crippen molar-refractivity contribution in [1.82, 2.24) is 5.32 Å². The molecule has 2 rings (SSSR count). The maximum atomic E-state index is 5.35. The van der Waals surface area contributed by atoms with Gasteiger partial charge in [0.1, 0.15) is 0 Å². The molecule has 1 atom stereocenters. The van der Waals surface area contributed by atoms with Gasteiger partial charge in [0, 0.05) is 6.04 Å². The van der Waals surface area contributed by atoms with E-state index in [1.807, 2.05) is 6.92 Å². The van der Waals surface area contributed by atoms with Gasteiger partial charge in [-0.3, -0.25) is 0 Å². The number of rotatable bonds is 3. The molecule has 1 N–H and O–H groups in total. The summed E-state index contributed by atoms with van der Waals surface area (Å²) in [6, 6.07) is 9.64. The number of hydrogen-bond donors (Lipinski definition) is 1. The summed E-state index contributed by atoms with van der Waals surface area (Å²) >= 11 is 0. The van der Waals surface area contributed by atoms with Crippen LogP contribution < -0.4 is 5.32 Å². The molecule has 0 aromatic heterocycles. The number of hydrogen-bond acceptors (Lipinski definition) is 1. The molecule has 1 unspecified atom stereocenters. The Balaban J connectivity index is 1.87. The summed E-state index contributed by atoms with van der Waals surface area (Å²) in [6.45, 7) is 4.19. The van der Waals surface area contributed by atoms with Gasteiger partial charge in [0.25, 0.3) is 0 Å². The Kier molecular flexibility index (Phi) is 3.31. The van der Waals surface area contributed by atoms with E-state index in [0.29, 0.717) is 6.04 Å². The minimum absolute atomic E-state index is 0.198. The lowest BCUT2D eigenvalue weighted by Gasteiger charge is -2.37. The summed E-state index contributed by atoms with van der Waals surface area (Å²) in [5.41, 5.74) is 2.83. The van der Waals surface area contributed by atoms with Crippen molar-refractivity contribution in [1.29, 1.82) is 0 Å². The first-order valence-electron chi connectivity index (χ1n) is 5.98. The first-order chi connectivity index (χ1) is 7.69. The predicted octanol–water partition coefficient (Wildman–Crippen LogP) is 2.85. The van der Waals surface area contributed by atoms with E-state index in [4.69, 9.17) is 6.42 Å². The van der Waals surface area contributed by atoms with Crippen LogP contribution in [-0.4, -0.2) is 12.1 Å². The summed E-state index contributed by atoms with van der Waals surface area (Å²) < 4.78 is 0. The fourth-order valence-electron chi connectivity index (χ4n) is 2.35. The molecule has 1 aliphatic carbocycles. The van der Waals surface area contributed by atoms with Gasteiger partial charge < -0.3 is 5.32 Å². The fraction of sp³-hybridized carbons (Fsp3) is 0.467. The van der Waals surface area contributed by atoms with Gasteiger partial charge in [-0.15, -0.1) is 6.42 Å². The maximum absolute atomic E-state index is 5.35. The van der Waals surface area contributed by atoms with Gasteiger partial charge in [-0.1, -0.05) is 35.7 Å². The highest BCUT2D eigenvalue weighted by Crippen LogP contribution is 2.37. The summed E-state index contributed by atoms with van der Waals surface area (Å²) in [6.07, 6.45) is 7.79. The third-order valence-corrected chi connectivity index (χ3v) is 3.39. The summed E-state index contributed by atoms with van der Waals surface area (Å²) in [5.74, 6) is 3.44. The lowest BCUT2D eigenvalue weighted by Crippen LogP contribution is -2.43. The lowest BCUT2D eigenvalue weighted by molar-refractivity contribution is 0.284. The molecular formula is C15H19N. The smallest absolute Gasteiger partial charge is 0.0660 e. The van der Waals surface area contributed by atoms with Crippen LogP contribution in [0.1, 0.15) is 36.8 Å². The van der Waals surface area contributed by atoms with E-state index in [0.717, 1.165) is 5.92 Å². The Labute approximate surface area is 98.3 Å². The standard InChI is InChI=1S/C15H19N/c1-4-12(3)16-15-9-14(10-15)13-7-5-6-11(2)8-13/h1,5-8,12,14-16H,9-10H2,2-3H3. The van der Waals surface area contributed by atoms with E-state index in [2.05, 4.69) is 42.4 Å². The molecule has 1 fully saturated rings. The highest BCUT2D eigenvalue weighted by atomic mass is 15.0. The highest BCUT2D eigenvalue weighted by Gasteiger charge is 2.30. The molecule has 1 aliphatic rings. The Morgan fingerprint density at radius 1 is 1.44 bits per heavy atom. The minimum atomic E-state index is 0.198. The summed E-state index contributed by atoms with van der Waals surface area (Å²) in [5, 5.41) is 3.44. The number of terminal acetylenes is 1. The second kappa shape index (κ2) is 4.72. The fourth-order valence-corrected chi connectivity index (χ4v) is 2.35. The van der Waals surface area contributed by atoms with Crippen LogP contribution in [0.15, 0.2) is 24.3 Å². The molecule has 1 saturated carbocycles. The lowest BCUT2D eigenvalue weighted by atomic mass is 9.75. The SMILES string of the molecule is C#CC(C)NC1CC(c2cccc(C)c2)C1. The van der Waals surface area contributed by atoms with Crippen molar-refractivity contribution in [2.24, 2.45) is 0 Å². The van der Waals surface area contributed by atoms with Crippen molar-refractivity contribution in [2.75, 3.05) is 0 Å². The van der Waals surface area contributed by atoms with E-state index >= 15 is 0 Å². The quantitative estimate of drug-likeness (QED) is 0.761. The monoisotopic (exact) mass is 213 g/mol. The van der Waals surface area contributed by atoms with Gasteiger partial charge in [0.05, 0.1) is 6.04 Å². The zero-order valence-corrected chi connectivity index (χ0v) is 10.0. The topological polar surface area (TPSA) is 12.0 Å². The van der Waals surface area contributed by atoms with Crippen molar-refractivity contribution in [2.45, 2.75) is 44.7 Å². The van der Waals surface area contributed by atoms with E-state index < -0.39 is 0 Å². The molecule has 0 aliphatic heterocycles. The van der Waals surface area contributed by atoms with Crippen molar-refractivity contribution in [3.63, 3.8) is 0 Å². The van der Waals surface area contributed by atoms with Crippen LogP contribution in [-0.2, 0) is 0 Å². The van der Waals surface area contributed by atoms with Gasteiger partial charge in [-0.05, 0) is 38.2 Å². The molecule has 1 aromatic rings. The van der Waals surface area contributed by atoms with E-state index in [-0.39, 0.29) is 6.04 Å². The number of benzene rings is 1. The van der Waals surface area contributed by atoms with Crippen molar-refractivity contribution < 1.29 is 0 Å². The zero-order chi connectivity index (χ0) is 11.5. The van der Waals surface area contributed by atoms with Gasteiger partial charge in [-0.2, -0.15) is 0 Å². The molecule has 0 spiro atoms. The van der Waals surface area contributed by atoms with Crippen LogP contribution in [0.3, 0.4) is 0 Å². The molecule has 84 valence electrons. The average Bonchev–Trinajstić information content (AvgIpc) is 2.22. The largest absolute Gasteiger partial charge is 0.301 e. The molecule has 1 heteroatoms. The average molecular weight is 213 g/mol. The zero-order valence-electron chi connectivity index (χ0n) is 10.0. The van der Waals surface area contributed by atoms with E-state index in [9.17, 15) is 0 Å². The summed E-state index contributed by atoms with van der Waals surface area (Å²) in [4.78, 5) is 0. The number of aryl methyl sites for hydroxylation is 1.